The van der Waals surface area contributed by atoms with Crippen molar-refractivity contribution in [3.63, 3.8) is 0 Å². The molecule has 0 spiro atoms. The fraction of sp³-hybridized carbons (Fsp3) is 0.286. The minimum Gasteiger partial charge on any atom is -0.506 e. The Kier molecular flexibility index (Phi) is 3.44. The summed E-state index contributed by atoms with van der Waals surface area (Å²) in [6.45, 7) is 0. The molecule has 2 nitrogen and oxygen atoms in total. The third-order valence-corrected chi connectivity index (χ3v) is 2.41. The molecule has 0 bridgehead atoms. The standard InChI is InChI=1S/C7H5BrClF2NO/c8-6-5(7(10)11)3(1-9)4(13)2-12-6/h2,7,13H,1H2. The Balaban J connectivity index is 3.35. The Morgan fingerprint density at radius 2 is 2.23 bits per heavy atom. The summed E-state index contributed by atoms with van der Waals surface area (Å²) in [6, 6.07) is 0. The summed E-state index contributed by atoms with van der Waals surface area (Å²) in [4.78, 5) is 3.54. The largest absolute Gasteiger partial charge is 0.506 e. The van der Waals surface area contributed by atoms with Gasteiger partial charge >= 0.3 is 0 Å². The zero-order valence-electron chi connectivity index (χ0n) is 6.27. The summed E-state index contributed by atoms with van der Waals surface area (Å²) in [5.74, 6) is -0.486. The first kappa shape index (κ1) is 10.7. The van der Waals surface area contributed by atoms with Crippen molar-refractivity contribution in [3.05, 3.63) is 21.9 Å². The fourth-order valence-corrected chi connectivity index (χ4v) is 1.69. The Hall–Kier alpha value is -0.420. The van der Waals surface area contributed by atoms with Gasteiger partial charge in [-0.15, -0.1) is 11.6 Å². The predicted molar refractivity (Wildman–Crippen MR) is 48.1 cm³/mol. The van der Waals surface area contributed by atoms with Crippen molar-refractivity contribution in [1.29, 1.82) is 0 Å². The van der Waals surface area contributed by atoms with Crippen LogP contribution in [0.2, 0.25) is 0 Å². The van der Waals surface area contributed by atoms with Crippen LogP contribution in [0.4, 0.5) is 8.78 Å². The number of alkyl halides is 3. The number of rotatable bonds is 2. The Labute approximate surface area is 86.7 Å². The van der Waals surface area contributed by atoms with E-state index in [-0.39, 0.29) is 27.4 Å². The highest BCUT2D eigenvalue weighted by molar-refractivity contribution is 9.10. The lowest BCUT2D eigenvalue weighted by atomic mass is 10.1. The molecule has 0 radical (unpaired) electrons. The van der Waals surface area contributed by atoms with Crippen molar-refractivity contribution in [1.82, 2.24) is 4.98 Å². The molecule has 0 aliphatic carbocycles. The fourth-order valence-electron chi connectivity index (χ4n) is 0.890. The maximum Gasteiger partial charge on any atom is 0.266 e. The van der Waals surface area contributed by atoms with Crippen LogP contribution >= 0.6 is 27.5 Å². The van der Waals surface area contributed by atoms with Crippen LogP contribution < -0.4 is 0 Å². The van der Waals surface area contributed by atoms with E-state index in [4.69, 9.17) is 16.7 Å². The monoisotopic (exact) mass is 271 g/mol. The van der Waals surface area contributed by atoms with E-state index in [0.29, 0.717) is 0 Å². The lowest BCUT2D eigenvalue weighted by Crippen LogP contribution is -1.96. The average Bonchev–Trinajstić information content (AvgIpc) is 2.07. The third-order valence-electron chi connectivity index (χ3n) is 1.51. The number of hydrogen-bond acceptors (Lipinski definition) is 2. The lowest BCUT2D eigenvalue weighted by Gasteiger charge is -2.09. The van der Waals surface area contributed by atoms with Crippen molar-refractivity contribution < 1.29 is 13.9 Å². The van der Waals surface area contributed by atoms with E-state index in [2.05, 4.69) is 20.9 Å². The minimum absolute atomic E-state index is 0.0101. The normalized spacial score (nSPS) is 10.8. The van der Waals surface area contributed by atoms with Crippen molar-refractivity contribution in [3.8, 4) is 5.75 Å². The molecular formula is C7H5BrClF2NO. The van der Waals surface area contributed by atoms with E-state index in [1.807, 2.05) is 0 Å². The van der Waals surface area contributed by atoms with Crippen LogP contribution in [0.25, 0.3) is 0 Å². The smallest absolute Gasteiger partial charge is 0.266 e. The summed E-state index contributed by atoms with van der Waals surface area (Å²) in [5.41, 5.74) is -0.339. The van der Waals surface area contributed by atoms with Gasteiger partial charge in [0.1, 0.15) is 10.4 Å². The molecule has 72 valence electrons. The first-order valence-electron chi connectivity index (χ1n) is 3.28. The zero-order valence-corrected chi connectivity index (χ0v) is 8.61. The predicted octanol–water partition coefficient (Wildman–Crippen LogP) is 3.23. The van der Waals surface area contributed by atoms with Gasteiger partial charge in [0.25, 0.3) is 6.43 Å². The van der Waals surface area contributed by atoms with Gasteiger partial charge in [0.2, 0.25) is 0 Å². The Morgan fingerprint density at radius 1 is 1.62 bits per heavy atom. The van der Waals surface area contributed by atoms with Gasteiger partial charge in [0.05, 0.1) is 17.6 Å². The molecule has 0 aliphatic heterocycles. The van der Waals surface area contributed by atoms with E-state index >= 15 is 0 Å². The molecule has 1 aromatic rings. The quantitative estimate of drug-likeness (QED) is 0.662. The number of nitrogens with zero attached hydrogens (tertiary/aromatic N) is 1. The molecule has 1 heterocycles. The summed E-state index contributed by atoms with van der Waals surface area (Å²) in [5, 5.41) is 9.16. The maximum absolute atomic E-state index is 12.4. The van der Waals surface area contributed by atoms with Crippen LogP contribution in [-0.4, -0.2) is 10.1 Å². The molecule has 0 amide bonds. The second-order valence-electron chi connectivity index (χ2n) is 2.26. The van der Waals surface area contributed by atoms with Crippen molar-refractivity contribution in [2.24, 2.45) is 0 Å². The van der Waals surface area contributed by atoms with Gasteiger partial charge in [0, 0.05) is 5.56 Å². The van der Waals surface area contributed by atoms with Gasteiger partial charge < -0.3 is 5.11 Å². The summed E-state index contributed by atoms with van der Waals surface area (Å²) in [6.07, 6.45) is -1.63. The molecule has 6 heteroatoms. The van der Waals surface area contributed by atoms with Gasteiger partial charge in [-0.05, 0) is 15.9 Å². The molecule has 0 saturated carbocycles. The van der Waals surface area contributed by atoms with Crippen LogP contribution in [0.3, 0.4) is 0 Å². The Morgan fingerprint density at radius 3 is 2.62 bits per heavy atom. The van der Waals surface area contributed by atoms with E-state index < -0.39 is 6.43 Å². The Bertz CT molecular complexity index is 322. The molecule has 0 unspecified atom stereocenters. The topological polar surface area (TPSA) is 33.1 Å². The molecular weight excluding hydrogens is 267 g/mol. The molecule has 0 aliphatic rings. The molecule has 0 atom stereocenters. The molecule has 0 aromatic carbocycles. The highest BCUT2D eigenvalue weighted by Gasteiger charge is 2.20. The average molecular weight is 272 g/mol. The van der Waals surface area contributed by atoms with Crippen LogP contribution in [0.15, 0.2) is 10.8 Å². The van der Waals surface area contributed by atoms with E-state index in [1.165, 1.54) is 0 Å². The maximum atomic E-state index is 12.4. The molecule has 1 rings (SSSR count). The van der Waals surface area contributed by atoms with Crippen molar-refractivity contribution in [2.45, 2.75) is 12.3 Å². The minimum atomic E-state index is -2.71. The van der Waals surface area contributed by atoms with Gasteiger partial charge in [0.15, 0.2) is 0 Å². The van der Waals surface area contributed by atoms with Gasteiger partial charge in [-0.3, -0.25) is 0 Å². The van der Waals surface area contributed by atoms with Gasteiger partial charge in [-0.25, -0.2) is 13.8 Å². The number of pyridine rings is 1. The third kappa shape index (κ3) is 2.08. The molecule has 0 saturated heterocycles. The second-order valence-corrected chi connectivity index (χ2v) is 3.28. The molecule has 1 aromatic heterocycles. The molecule has 1 N–H and O–H groups in total. The number of aromatic nitrogens is 1. The van der Waals surface area contributed by atoms with Crippen LogP contribution in [-0.2, 0) is 5.88 Å². The van der Waals surface area contributed by atoms with E-state index in [1.54, 1.807) is 0 Å². The molecule has 13 heavy (non-hydrogen) atoms. The first-order chi connectivity index (χ1) is 6.07. The van der Waals surface area contributed by atoms with Crippen LogP contribution in [0.5, 0.6) is 5.75 Å². The number of aromatic hydroxyl groups is 1. The molecule has 0 fully saturated rings. The van der Waals surface area contributed by atoms with Gasteiger partial charge in [-0.2, -0.15) is 0 Å². The first-order valence-corrected chi connectivity index (χ1v) is 4.61. The second kappa shape index (κ2) is 4.19. The number of hydrogen-bond donors (Lipinski definition) is 1. The zero-order chi connectivity index (χ0) is 10.0. The van der Waals surface area contributed by atoms with Crippen molar-refractivity contribution >= 4 is 27.5 Å². The highest BCUT2D eigenvalue weighted by atomic mass is 79.9. The van der Waals surface area contributed by atoms with E-state index in [0.717, 1.165) is 6.20 Å². The van der Waals surface area contributed by atoms with E-state index in [9.17, 15) is 8.78 Å². The van der Waals surface area contributed by atoms with Crippen molar-refractivity contribution in [2.75, 3.05) is 0 Å². The summed E-state index contributed by atoms with van der Waals surface area (Å²) >= 11 is 8.27. The van der Waals surface area contributed by atoms with Gasteiger partial charge in [-0.1, -0.05) is 0 Å². The number of halogens is 4. The SMILES string of the molecule is Oc1cnc(Br)c(C(F)F)c1CCl. The highest BCUT2D eigenvalue weighted by Crippen LogP contribution is 2.34. The summed E-state index contributed by atoms with van der Waals surface area (Å²) < 4.78 is 24.8. The summed E-state index contributed by atoms with van der Waals surface area (Å²) in [7, 11) is 0. The van der Waals surface area contributed by atoms with Crippen LogP contribution in [0, 0.1) is 0 Å². The van der Waals surface area contributed by atoms with Crippen LogP contribution in [0.1, 0.15) is 17.6 Å². The lowest BCUT2D eigenvalue weighted by molar-refractivity contribution is 0.148.